The van der Waals surface area contributed by atoms with Crippen molar-refractivity contribution < 1.29 is 4.79 Å². The number of ketones is 1. The van der Waals surface area contributed by atoms with Gasteiger partial charge in [-0.3, -0.25) is 4.79 Å². The Morgan fingerprint density at radius 1 is 1.06 bits per heavy atom. The van der Waals surface area contributed by atoms with Crippen molar-refractivity contribution in [1.82, 2.24) is 4.98 Å². The fraction of sp³-hybridized carbons (Fsp3) is 0. The molecule has 0 fully saturated rings. The van der Waals surface area contributed by atoms with Crippen LogP contribution in [0, 0.1) is 0 Å². The molecule has 17 heavy (non-hydrogen) atoms. The molecule has 0 aliphatic rings. The summed E-state index contributed by atoms with van der Waals surface area (Å²) in [6, 6.07) is 13.3. The zero-order valence-electron chi connectivity index (χ0n) is 8.96. The summed E-state index contributed by atoms with van der Waals surface area (Å²) >= 11 is 1.52. The predicted molar refractivity (Wildman–Crippen MR) is 69.5 cm³/mol. The third-order valence-corrected chi connectivity index (χ3v) is 3.30. The predicted octanol–water partition coefficient (Wildman–Crippen LogP) is 3.53. The van der Waals surface area contributed by atoms with Gasteiger partial charge in [0, 0.05) is 16.3 Å². The first-order valence-corrected chi connectivity index (χ1v) is 6.21. The molecule has 3 rings (SSSR count). The Balaban J connectivity index is 2.09. The van der Waals surface area contributed by atoms with Crippen LogP contribution in [0.4, 0.5) is 0 Å². The lowest BCUT2D eigenvalue weighted by Crippen LogP contribution is -2.02. The third kappa shape index (κ3) is 1.85. The van der Waals surface area contributed by atoms with Gasteiger partial charge in [0.25, 0.3) is 0 Å². The fourth-order valence-electron chi connectivity index (χ4n) is 1.73. The van der Waals surface area contributed by atoms with E-state index in [1.165, 1.54) is 11.3 Å². The number of hydrogen-bond donors (Lipinski definition) is 0. The van der Waals surface area contributed by atoms with Crippen molar-refractivity contribution in [3.63, 3.8) is 0 Å². The highest BCUT2D eigenvalue weighted by Gasteiger charge is 2.10. The molecule has 0 unspecified atom stereocenters. The summed E-state index contributed by atoms with van der Waals surface area (Å²) < 4.78 is 0. The van der Waals surface area contributed by atoms with Gasteiger partial charge in [-0.05, 0) is 23.6 Å². The van der Waals surface area contributed by atoms with E-state index in [2.05, 4.69) is 4.98 Å². The summed E-state index contributed by atoms with van der Waals surface area (Å²) in [6.07, 6.45) is 0. The van der Waals surface area contributed by atoms with E-state index in [4.69, 9.17) is 0 Å². The van der Waals surface area contributed by atoms with Gasteiger partial charge in [-0.15, -0.1) is 0 Å². The first kappa shape index (κ1) is 10.2. The SMILES string of the molecule is O=C(c1ccsc1)c1ccc2ccccc2n1. The molecule has 0 N–H and O–H groups in total. The maximum atomic E-state index is 12.1. The maximum Gasteiger partial charge on any atom is 0.212 e. The van der Waals surface area contributed by atoms with Crippen LogP contribution >= 0.6 is 11.3 Å². The highest BCUT2D eigenvalue weighted by molar-refractivity contribution is 7.08. The number of aromatic nitrogens is 1. The van der Waals surface area contributed by atoms with Gasteiger partial charge in [-0.25, -0.2) is 4.98 Å². The van der Waals surface area contributed by atoms with Crippen LogP contribution in [0.15, 0.2) is 53.2 Å². The Kier molecular flexibility index (Phi) is 2.46. The molecule has 0 aliphatic carbocycles. The lowest BCUT2D eigenvalue weighted by molar-refractivity contribution is 0.103. The lowest BCUT2D eigenvalue weighted by atomic mass is 10.1. The van der Waals surface area contributed by atoms with Crippen LogP contribution in [0.1, 0.15) is 16.1 Å². The minimum absolute atomic E-state index is 0.0167. The van der Waals surface area contributed by atoms with Crippen molar-refractivity contribution in [3.8, 4) is 0 Å². The van der Waals surface area contributed by atoms with E-state index >= 15 is 0 Å². The van der Waals surface area contributed by atoms with Crippen LogP contribution in [-0.4, -0.2) is 10.8 Å². The van der Waals surface area contributed by atoms with Crippen LogP contribution < -0.4 is 0 Å². The number of rotatable bonds is 2. The van der Waals surface area contributed by atoms with Gasteiger partial charge in [-0.1, -0.05) is 24.3 Å². The standard InChI is InChI=1S/C14H9NOS/c16-14(11-7-8-17-9-11)13-6-5-10-3-1-2-4-12(10)15-13/h1-9H. The number of carbonyl (C=O) groups is 1. The van der Waals surface area contributed by atoms with Gasteiger partial charge in [-0.2, -0.15) is 11.3 Å². The average Bonchev–Trinajstić information content (AvgIpc) is 2.91. The van der Waals surface area contributed by atoms with Crippen molar-refractivity contribution in [3.05, 3.63) is 64.5 Å². The van der Waals surface area contributed by atoms with Crippen LogP contribution in [0.5, 0.6) is 0 Å². The first-order valence-electron chi connectivity index (χ1n) is 5.27. The minimum atomic E-state index is -0.0167. The molecule has 0 amide bonds. The van der Waals surface area contributed by atoms with E-state index in [-0.39, 0.29) is 5.78 Å². The quantitative estimate of drug-likeness (QED) is 0.640. The average molecular weight is 239 g/mol. The molecule has 0 saturated heterocycles. The van der Waals surface area contributed by atoms with Crippen LogP contribution in [-0.2, 0) is 0 Å². The van der Waals surface area contributed by atoms with E-state index in [9.17, 15) is 4.79 Å². The van der Waals surface area contributed by atoms with Crippen molar-refractivity contribution in [2.75, 3.05) is 0 Å². The summed E-state index contributed by atoms with van der Waals surface area (Å²) in [5.74, 6) is -0.0167. The molecule has 0 saturated carbocycles. The second-order valence-electron chi connectivity index (χ2n) is 3.73. The number of fused-ring (bicyclic) bond motifs is 1. The molecule has 0 atom stereocenters. The van der Waals surface area contributed by atoms with E-state index in [1.807, 2.05) is 47.2 Å². The summed E-state index contributed by atoms with van der Waals surface area (Å²) in [4.78, 5) is 16.5. The number of nitrogens with zero attached hydrogens (tertiary/aromatic N) is 1. The summed E-state index contributed by atoms with van der Waals surface area (Å²) in [5, 5.41) is 4.79. The molecule has 0 aliphatic heterocycles. The smallest absolute Gasteiger partial charge is 0.212 e. The first-order chi connectivity index (χ1) is 8.34. The molecular weight excluding hydrogens is 230 g/mol. The zero-order valence-corrected chi connectivity index (χ0v) is 9.78. The van der Waals surface area contributed by atoms with Gasteiger partial charge in [0.15, 0.2) is 0 Å². The van der Waals surface area contributed by atoms with Crippen molar-refractivity contribution in [1.29, 1.82) is 0 Å². The molecule has 3 aromatic rings. The summed E-state index contributed by atoms with van der Waals surface area (Å²) in [7, 11) is 0. The Bertz CT molecular complexity index is 674. The van der Waals surface area contributed by atoms with Gasteiger partial charge < -0.3 is 0 Å². The Hall–Kier alpha value is -2.00. The monoisotopic (exact) mass is 239 g/mol. The second kappa shape index (κ2) is 4.11. The largest absolute Gasteiger partial charge is 0.287 e. The van der Waals surface area contributed by atoms with E-state index in [0.717, 1.165) is 10.9 Å². The Morgan fingerprint density at radius 3 is 2.76 bits per heavy atom. The van der Waals surface area contributed by atoms with Crippen LogP contribution in [0.3, 0.4) is 0 Å². The van der Waals surface area contributed by atoms with Crippen molar-refractivity contribution in [2.45, 2.75) is 0 Å². The van der Waals surface area contributed by atoms with Crippen LogP contribution in [0.25, 0.3) is 10.9 Å². The molecular formula is C14H9NOS. The molecule has 2 aromatic heterocycles. The number of benzene rings is 1. The van der Waals surface area contributed by atoms with E-state index < -0.39 is 0 Å². The second-order valence-corrected chi connectivity index (χ2v) is 4.51. The summed E-state index contributed by atoms with van der Waals surface area (Å²) in [6.45, 7) is 0. The normalized spacial score (nSPS) is 10.6. The number of thiophene rings is 1. The molecule has 2 heterocycles. The van der Waals surface area contributed by atoms with Gasteiger partial charge in [0.1, 0.15) is 5.69 Å². The van der Waals surface area contributed by atoms with E-state index in [0.29, 0.717) is 11.3 Å². The number of para-hydroxylation sites is 1. The van der Waals surface area contributed by atoms with Gasteiger partial charge in [0.2, 0.25) is 5.78 Å². The molecule has 2 nitrogen and oxygen atoms in total. The molecule has 3 heteroatoms. The van der Waals surface area contributed by atoms with Crippen LogP contribution in [0.2, 0.25) is 0 Å². The van der Waals surface area contributed by atoms with Crippen molar-refractivity contribution >= 4 is 28.0 Å². The molecule has 0 spiro atoms. The lowest BCUT2D eigenvalue weighted by Gasteiger charge is -2.00. The zero-order chi connectivity index (χ0) is 11.7. The van der Waals surface area contributed by atoms with Gasteiger partial charge in [0.05, 0.1) is 5.52 Å². The molecule has 0 bridgehead atoms. The van der Waals surface area contributed by atoms with Crippen molar-refractivity contribution in [2.24, 2.45) is 0 Å². The fourth-order valence-corrected chi connectivity index (χ4v) is 2.37. The molecule has 1 aromatic carbocycles. The highest BCUT2D eigenvalue weighted by Crippen LogP contribution is 2.15. The number of carbonyl (C=O) groups excluding carboxylic acids is 1. The third-order valence-electron chi connectivity index (χ3n) is 2.61. The highest BCUT2D eigenvalue weighted by atomic mass is 32.1. The molecule has 0 radical (unpaired) electrons. The minimum Gasteiger partial charge on any atom is -0.287 e. The van der Waals surface area contributed by atoms with E-state index in [1.54, 1.807) is 6.07 Å². The number of hydrogen-bond acceptors (Lipinski definition) is 3. The number of pyridine rings is 1. The summed E-state index contributed by atoms with van der Waals surface area (Å²) in [5.41, 5.74) is 2.06. The Labute approximate surface area is 103 Å². The Morgan fingerprint density at radius 2 is 1.94 bits per heavy atom. The maximum absolute atomic E-state index is 12.1. The topological polar surface area (TPSA) is 30.0 Å². The van der Waals surface area contributed by atoms with Gasteiger partial charge >= 0.3 is 0 Å². The molecule has 82 valence electrons.